The number of amides is 2. The average molecular weight is 370 g/mol. The number of carbonyl (C=O) groups is 2. The molecule has 1 aromatic heterocycles. The second-order valence-corrected chi connectivity index (χ2v) is 7.92. The van der Waals surface area contributed by atoms with E-state index in [0.29, 0.717) is 0 Å². The molecule has 1 aliphatic heterocycles. The summed E-state index contributed by atoms with van der Waals surface area (Å²) >= 11 is 0. The van der Waals surface area contributed by atoms with E-state index in [9.17, 15) is 14.7 Å². The molecule has 27 heavy (non-hydrogen) atoms. The molecule has 2 amide bonds. The molecule has 1 aromatic carbocycles. The predicted octanol–water partition coefficient (Wildman–Crippen LogP) is 1.42. The summed E-state index contributed by atoms with van der Waals surface area (Å²) in [4.78, 5) is 27.0. The molecule has 2 N–H and O–H groups in total. The first-order chi connectivity index (χ1) is 12.5. The molecular formula is C20H26N4O3. The summed E-state index contributed by atoms with van der Waals surface area (Å²) in [5, 5.41) is 17.8. The van der Waals surface area contributed by atoms with Crippen LogP contribution in [0.1, 0.15) is 37.6 Å². The molecule has 144 valence electrons. The summed E-state index contributed by atoms with van der Waals surface area (Å²) in [6.07, 6.45) is 1.86. The number of hydrogen-bond acceptors (Lipinski definition) is 4. The first-order valence-corrected chi connectivity index (χ1v) is 8.95. The van der Waals surface area contributed by atoms with Crippen LogP contribution in [0.15, 0.2) is 30.5 Å². The highest BCUT2D eigenvalue weighted by molar-refractivity contribution is 6.08. The minimum absolute atomic E-state index is 0.112. The molecule has 7 heteroatoms. The molecule has 3 rings (SSSR count). The SMILES string of the molecule is Cc1cn(C)nc1CNC(=O)C(C)(O)CN1C(=O)C(C)(C)c2ccccc21. The smallest absolute Gasteiger partial charge is 0.253 e. The van der Waals surface area contributed by atoms with Crippen LogP contribution in [0.25, 0.3) is 0 Å². The van der Waals surface area contributed by atoms with Crippen LogP contribution < -0.4 is 10.2 Å². The van der Waals surface area contributed by atoms with Crippen molar-refractivity contribution < 1.29 is 14.7 Å². The maximum Gasteiger partial charge on any atom is 0.253 e. The third kappa shape index (κ3) is 3.35. The summed E-state index contributed by atoms with van der Waals surface area (Å²) in [6, 6.07) is 7.48. The van der Waals surface area contributed by atoms with Crippen LogP contribution >= 0.6 is 0 Å². The molecule has 2 aromatic rings. The Morgan fingerprint density at radius 1 is 1.33 bits per heavy atom. The van der Waals surface area contributed by atoms with Crippen LogP contribution in [-0.2, 0) is 28.6 Å². The molecule has 0 fully saturated rings. The summed E-state index contributed by atoms with van der Waals surface area (Å²) in [5.74, 6) is -0.667. The summed E-state index contributed by atoms with van der Waals surface area (Å²) in [7, 11) is 1.81. The Labute approximate surface area is 159 Å². The molecule has 1 aliphatic rings. The second kappa shape index (κ2) is 6.49. The number of aryl methyl sites for hydroxylation is 2. The highest BCUT2D eigenvalue weighted by atomic mass is 16.3. The van der Waals surface area contributed by atoms with Crippen molar-refractivity contribution in [1.29, 1.82) is 0 Å². The Balaban J connectivity index is 1.75. The van der Waals surface area contributed by atoms with Gasteiger partial charge in [0.2, 0.25) is 5.91 Å². The zero-order valence-electron chi connectivity index (χ0n) is 16.4. The molecular weight excluding hydrogens is 344 g/mol. The third-order valence-corrected chi connectivity index (χ3v) is 5.13. The first-order valence-electron chi connectivity index (χ1n) is 8.95. The zero-order valence-corrected chi connectivity index (χ0v) is 16.4. The number of aliphatic hydroxyl groups is 1. The number of β-amino-alcohol motifs (C(OH)–C–C–N with tert-alkyl or cyclic N) is 1. The van der Waals surface area contributed by atoms with Crippen molar-refractivity contribution in [3.05, 3.63) is 47.3 Å². The molecule has 7 nitrogen and oxygen atoms in total. The molecule has 0 radical (unpaired) electrons. The number of para-hydroxylation sites is 1. The fourth-order valence-electron chi connectivity index (χ4n) is 3.52. The molecule has 1 atom stereocenters. The Morgan fingerprint density at radius 2 is 2.00 bits per heavy atom. The van der Waals surface area contributed by atoms with Gasteiger partial charge >= 0.3 is 0 Å². The summed E-state index contributed by atoms with van der Waals surface area (Å²) in [6.45, 7) is 7.15. The minimum atomic E-state index is -1.73. The van der Waals surface area contributed by atoms with E-state index in [1.807, 2.05) is 58.3 Å². The van der Waals surface area contributed by atoms with Gasteiger partial charge in [-0.15, -0.1) is 0 Å². The molecule has 0 saturated heterocycles. The summed E-state index contributed by atoms with van der Waals surface area (Å²) < 4.78 is 1.68. The van der Waals surface area contributed by atoms with Gasteiger partial charge in [-0.25, -0.2) is 0 Å². The van der Waals surface area contributed by atoms with E-state index < -0.39 is 16.9 Å². The normalized spacial score (nSPS) is 17.6. The quantitative estimate of drug-likeness (QED) is 0.833. The average Bonchev–Trinajstić information content (AvgIpc) is 3.02. The van der Waals surface area contributed by atoms with Crippen LogP contribution in [0, 0.1) is 6.92 Å². The maximum atomic E-state index is 12.9. The van der Waals surface area contributed by atoms with Crippen LogP contribution in [0.4, 0.5) is 5.69 Å². The van der Waals surface area contributed by atoms with E-state index in [2.05, 4.69) is 10.4 Å². The van der Waals surface area contributed by atoms with Gasteiger partial charge in [-0.3, -0.25) is 14.3 Å². The number of aromatic nitrogens is 2. The van der Waals surface area contributed by atoms with Crippen molar-refractivity contribution >= 4 is 17.5 Å². The van der Waals surface area contributed by atoms with Crippen molar-refractivity contribution in [3.63, 3.8) is 0 Å². The Bertz CT molecular complexity index is 898. The maximum absolute atomic E-state index is 12.9. The van der Waals surface area contributed by atoms with Crippen LogP contribution in [0.5, 0.6) is 0 Å². The molecule has 2 heterocycles. The van der Waals surface area contributed by atoms with Crippen molar-refractivity contribution in [1.82, 2.24) is 15.1 Å². The van der Waals surface area contributed by atoms with Crippen LogP contribution in [-0.4, -0.2) is 38.8 Å². The van der Waals surface area contributed by atoms with Crippen molar-refractivity contribution in [2.24, 2.45) is 7.05 Å². The van der Waals surface area contributed by atoms with E-state index >= 15 is 0 Å². The lowest BCUT2D eigenvalue weighted by Crippen LogP contribution is -2.53. The van der Waals surface area contributed by atoms with Gasteiger partial charge in [-0.2, -0.15) is 5.10 Å². The van der Waals surface area contributed by atoms with Crippen molar-refractivity contribution in [3.8, 4) is 0 Å². The van der Waals surface area contributed by atoms with E-state index in [4.69, 9.17) is 0 Å². The zero-order chi connectivity index (χ0) is 20.0. The predicted molar refractivity (Wildman–Crippen MR) is 102 cm³/mol. The molecule has 0 aliphatic carbocycles. The number of fused-ring (bicyclic) bond motifs is 1. The van der Waals surface area contributed by atoms with Gasteiger partial charge in [0, 0.05) is 18.9 Å². The van der Waals surface area contributed by atoms with Crippen molar-refractivity contribution in [2.75, 3.05) is 11.4 Å². The van der Waals surface area contributed by atoms with E-state index in [1.54, 1.807) is 4.68 Å². The van der Waals surface area contributed by atoms with Crippen LogP contribution in [0.2, 0.25) is 0 Å². The van der Waals surface area contributed by atoms with Gasteiger partial charge in [0.25, 0.3) is 5.91 Å². The van der Waals surface area contributed by atoms with E-state index in [1.165, 1.54) is 11.8 Å². The lowest BCUT2D eigenvalue weighted by molar-refractivity contribution is -0.138. The van der Waals surface area contributed by atoms with Crippen LogP contribution in [0.3, 0.4) is 0 Å². The second-order valence-electron chi connectivity index (χ2n) is 7.92. The molecule has 0 bridgehead atoms. The van der Waals surface area contributed by atoms with Gasteiger partial charge in [0.15, 0.2) is 5.60 Å². The van der Waals surface area contributed by atoms with Gasteiger partial charge in [0.1, 0.15) is 0 Å². The van der Waals surface area contributed by atoms with Crippen molar-refractivity contribution in [2.45, 2.75) is 45.3 Å². The number of hydrogen-bond donors (Lipinski definition) is 2. The fraction of sp³-hybridized carbons (Fsp3) is 0.450. The largest absolute Gasteiger partial charge is 0.378 e. The minimum Gasteiger partial charge on any atom is -0.378 e. The van der Waals surface area contributed by atoms with Gasteiger partial charge in [-0.05, 0) is 44.9 Å². The van der Waals surface area contributed by atoms with Gasteiger partial charge in [-0.1, -0.05) is 18.2 Å². The Morgan fingerprint density at radius 3 is 2.63 bits per heavy atom. The standard InChI is InChI=1S/C20H26N4O3/c1-13-11-23(5)22-15(13)10-21-17(25)20(4,27)12-24-16-9-7-6-8-14(16)19(2,3)18(24)26/h6-9,11,27H,10,12H2,1-5H3,(H,21,25). The topological polar surface area (TPSA) is 87.5 Å². The molecule has 0 saturated carbocycles. The van der Waals surface area contributed by atoms with E-state index in [0.717, 1.165) is 22.5 Å². The number of carbonyl (C=O) groups excluding carboxylic acids is 2. The number of nitrogens with zero attached hydrogens (tertiary/aromatic N) is 3. The summed E-state index contributed by atoms with van der Waals surface area (Å²) in [5.41, 5.74) is 0.921. The molecule has 1 unspecified atom stereocenters. The lowest BCUT2D eigenvalue weighted by atomic mass is 9.86. The van der Waals surface area contributed by atoms with Gasteiger partial charge < -0.3 is 15.3 Å². The number of anilines is 1. The van der Waals surface area contributed by atoms with Gasteiger partial charge in [0.05, 0.1) is 24.2 Å². The first kappa shape index (κ1) is 19.1. The monoisotopic (exact) mass is 370 g/mol. The Kier molecular flexibility index (Phi) is 4.59. The number of benzene rings is 1. The highest BCUT2D eigenvalue weighted by Gasteiger charge is 2.46. The number of rotatable bonds is 5. The van der Waals surface area contributed by atoms with E-state index in [-0.39, 0.29) is 19.0 Å². The fourth-order valence-corrected chi connectivity index (χ4v) is 3.52. The molecule has 0 spiro atoms. The third-order valence-electron chi connectivity index (χ3n) is 5.13. The number of nitrogens with one attached hydrogen (secondary N) is 1. The Hall–Kier alpha value is -2.67. The highest BCUT2D eigenvalue weighted by Crippen LogP contribution is 2.41. The lowest BCUT2D eigenvalue weighted by Gasteiger charge is -2.29.